The summed E-state index contributed by atoms with van der Waals surface area (Å²) in [4.78, 5) is 40.1. The summed E-state index contributed by atoms with van der Waals surface area (Å²) in [6, 6.07) is 10.6. The number of nitrogens with one attached hydrogen (secondary N) is 1. The molecule has 1 aliphatic heterocycles. The first-order chi connectivity index (χ1) is 16.3. The average Bonchev–Trinajstić information content (AvgIpc) is 3.33. The van der Waals surface area contributed by atoms with E-state index in [1.165, 1.54) is 14.0 Å². The van der Waals surface area contributed by atoms with Gasteiger partial charge in [0.25, 0.3) is 0 Å². The second-order valence-corrected chi connectivity index (χ2v) is 8.19. The number of benzene rings is 1. The minimum atomic E-state index is -0.941. The molecule has 0 aliphatic carbocycles. The van der Waals surface area contributed by atoms with E-state index >= 15 is 0 Å². The molecule has 2 atom stereocenters. The molecule has 1 aliphatic rings. The van der Waals surface area contributed by atoms with Crippen molar-refractivity contribution < 1.29 is 28.6 Å². The summed E-state index contributed by atoms with van der Waals surface area (Å²) >= 11 is 0. The molecule has 1 aromatic carbocycles. The third-order valence-corrected chi connectivity index (χ3v) is 5.58. The Hall–Kier alpha value is -4.14. The van der Waals surface area contributed by atoms with Gasteiger partial charge in [0.2, 0.25) is 5.91 Å². The lowest BCUT2D eigenvalue weighted by Crippen LogP contribution is -2.42. The van der Waals surface area contributed by atoms with E-state index in [0.717, 1.165) is 27.8 Å². The van der Waals surface area contributed by atoms with Gasteiger partial charge in [-0.1, -0.05) is 18.2 Å². The minimum absolute atomic E-state index is 0.0848. The lowest BCUT2D eigenvalue weighted by molar-refractivity contribution is -0.144. The SMILES string of the molecule is COC(=O)C(Cc1c(/C=C/C2(C)COC(=O)O2)n(-c2cccnc2)c2ccccc12)NC(C)=O. The Morgan fingerprint density at radius 3 is 2.74 bits per heavy atom. The van der Waals surface area contributed by atoms with Gasteiger partial charge in [-0.05, 0) is 42.8 Å². The standard InChI is InChI=1S/C25H25N3O6/c1-16(29)27-20(23(30)32-3)13-19-18-8-4-5-9-21(18)28(17-7-6-12-26-14-17)22(19)10-11-25(2)15-33-24(31)34-25/h4-12,14,20H,13,15H2,1-3H3,(H,27,29)/b11-10+. The van der Waals surface area contributed by atoms with E-state index in [1.807, 2.05) is 47.0 Å². The number of cyclic esters (lactones) is 2. The maximum Gasteiger partial charge on any atom is 0.509 e. The summed E-state index contributed by atoms with van der Waals surface area (Å²) in [6.07, 6.45) is 6.48. The van der Waals surface area contributed by atoms with Crippen LogP contribution in [0.1, 0.15) is 25.1 Å². The van der Waals surface area contributed by atoms with Gasteiger partial charge in [-0.2, -0.15) is 0 Å². The van der Waals surface area contributed by atoms with Crippen LogP contribution in [0.3, 0.4) is 0 Å². The summed E-state index contributed by atoms with van der Waals surface area (Å²) in [6.45, 7) is 3.19. The average molecular weight is 463 g/mol. The number of carbonyl (C=O) groups excluding carboxylic acids is 3. The van der Waals surface area contributed by atoms with Crippen molar-refractivity contribution in [2.24, 2.45) is 0 Å². The largest absolute Gasteiger partial charge is 0.509 e. The van der Waals surface area contributed by atoms with Crippen LogP contribution in [0.4, 0.5) is 4.79 Å². The molecule has 0 radical (unpaired) electrons. The van der Waals surface area contributed by atoms with Crippen LogP contribution in [0.25, 0.3) is 22.7 Å². The van der Waals surface area contributed by atoms with Crippen molar-refractivity contribution in [2.45, 2.75) is 31.9 Å². The zero-order valence-electron chi connectivity index (χ0n) is 19.1. The monoisotopic (exact) mass is 463 g/mol. The fraction of sp³-hybridized carbons (Fsp3) is 0.280. The molecule has 9 nitrogen and oxygen atoms in total. The van der Waals surface area contributed by atoms with Crippen LogP contribution in [0.2, 0.25) is 0 Å². The molecule has 0 spiro atoms. The second-order valence-electron chi connectivity index (χ2n) is 8.19. The molecule has 1 N–H and O–H groups in total. The van der Waals surface area contributed by atoms with E-state index in [0.29, 0.717) is 0 Å². The first kappa shape index (κ1) is 23.0. The number of methoxy groups -OCH3 is 1. The summed E-state index contributed by atoms with van der Waals surface area (Å²) in [5, 5.41) is 3.58. The topological polar surface area (TPSA) is 109 Å². The van der Waals surface area contributed by atoms with Gasteiger partial charge in [0.1, 0.15) is 12.6 Å². The van der Waals surface area contributed by atoms with Crippen molar-refractivity contribution in [3.8, 4) is 5.69 Å². The molecule has 1 fully saturated rings. The smallest absolute Gasteiger partial charge is 0.467 e. The van der Waals surface area contributed by atoms with Crippen LogP contribution in [-0.4, -0.2) is 52.9 Å². The highest BCUT2D eigenvalue weighted by Crippen LogP contribution is 2.33. The molecule has 1 saturated heterocycles. The molecule has 0 bridgehead atoms. The van der Waals surface area contributed by atoms with Crippen LogP contribution in [0, 0.1) is 0 Å². The highest BCUT2D eigenvalue weighted by atomic mass is 16.8. The van der Waals surface area contributed by atoms with Crippen molar-refractivity contribution >= 4 is 35.0 Å². The Labute approximate surface area is 196 Å². The van der Waals surface area contributed by atoms with Gasteiger partial charge < -0.3 is 24.1 Å². The van der Waals surface area contributed by atoms with Crippen LogP contribution in [0.15, 0.2) is 54.9 Å². The maximum absolute atomic E-state index is 12.5. The molecule has 9 heteroatoms. The van der Waals surface area contributed by atoms with Crippen molar-refractivity contribution in [1.82, 2.24) is 14.9 Å². The summed E-state index contributed by atoms with van der Waals surface area (Å²) < 4.78 is 17.2. The summed E-state index contributed by atoms with van der Waals surface area (Å²) in [5.74, 6) is -0.889. The van der Waals surface area contributed by atoms with Crippen molar-refractivity contribution in [2.75, 3.05) is 13.7 Å². The molecule has 4 rings (SSSR count). The summed E-state index contributed by atoms with van der Waals surface area (Å²) in [7, 11) is 1.28. The van der Waals surface area contributed by atoms with Crippen LogP contribution in [-0.2, 0) is 30.2 Å². The number of hydrogen-bond donors (Lipinski definition) is 1. The Kier molecular flexibility index (Phi) is 6.36. The van der Waals surface area contributed by atoms with E-state index in [-0.39, 0.29) is 18.9 Å². The molecular weight excluding hydrogens is 438 g/mol. The molecular formula is C25H25N3O6. The highest BCUT2D eigenvalue weighted by molar-refractivity contribution is 5.91. The predicted octanol–water partition coefficient (Wildman–Crippen LogP) is 3.18. The van der Waals surface area contributed by atoms with Crippen LogP contribution < -0.4 is 5.32 Å². The molecule has 34 heavy (non-hydrogen) atoms. The molecule has 3 aromatic rings. The normalized spacial score (nSPS) is 18.5. The van der Waals surface area contributed by atoms with Crippen molar-refractivity contribution in [1.29, 1.82) is 0 Å². The number of aromatic nitrogens is 2. The fourth-order valence-corrected chi connectivity index (χ4v) is 4.05. The van der Waals surface area contributed by atoms with Crippen molar-refractivity contribution in [3.05, 3.63) is 66.1 Å². The number of esters is 1. The fourth-order valence-electron chi connectivity index (χ4n) is 4.05. The van der Waals surface area contributed by atoms with Gasteiger partial charge in [-0.15, -0.1) is 0 Å². The lowest BCUT2D eigenvalue weighted by atomic mass is 10.00. The number of rotatable bonds is 7. The first-order valence-electron chi connectivity index (χ1n) is 10.7. The predicted molar refractivity (Wildman–Crippen MR) is 124 cm³/mol. The third kappa shape index (κ3) is 4.63. The Morgan fingerprint density at radius 2 is 2.09 bits per heavy atom. The van der Waals surface area contributed by atoms with Crippen LogP contribution >= 0.6 is 0 Å². The minimum Gasteiger partial charge on any atom is -0.467 e. The van der Waals surface area contributed by atoms with Gasteiger partial charge >= 0.3 is 12.1 Å². The number of carbonyl (C=O) groups is 3. The Bertz CT molecular complexity index is 1270. The zero-order valence-corrected chi connectivity index (χ0v) is 19.1. The first-order valence-corrected chi connectivity index (χ1v) is 10.7. The zero-order chi connectivity index (χ0) is 24.3. The number of pyridine rings is 1. The molecule has 2 unspecified atom stereocenters. The van der Waals surface area contributed by atoms with Gasteiger partial charge in [0.05, 0.1) is 30.2 Å². The molecule has 176 valence electrons. The maximum atomic E-state index is 12.5. The number of para-hydroxylation sites is 1. The molecule has 3 heterocycles. The van der Waals surface area contributed by atoms with E-state index < -0.39 is 23.8 Å². The van der Waals surface area contributed by atoms with Gasteiger partial charge in [-0.3, -0.25) is 9.78 Å². The quantitative estimate of drug-likeness (QED) is 0.536. The number of amides is 1. The number of fused-ring (bicyclic) bond motifs is 1. The Morgan fingerprint density at radius 1 is 1.29 bits per heavy atom. The van der Waals surface area contributed by atoms with Gasteiger partial charge in [-0.25, -0.2) is 9.59 Å². The number of hydrogen-bond acceptors (Lipinski definition) is 7. The second kappa shape index (κ2) is 9.38. The van der Waals surface area contributed by atoms with E-state index in [4.69, 9.17) is 14.2 Å². The highest BCUT2D eigenvalue weighted by Gasteiger charge is 2.35. The molecule has 2 aromatic heterocycles. The molecule has 1 amide bonds. The third-order valence-electron chi connectivity index (χ3n) is 5.58. The summed E-state index contributed by atoms with van der Waals surface area (Å²) in [5.41, 5.74) is 2.32. The molecule has 0 saturated carbocycles. The number of nitrogens with zero attached hydrogens (tertiary/aromatic N) is 2. The Balaban J connectivity index is 1.91. The number of ether oxygens (including phenoxy) is 3. The van der Waals surface area contributed by atoms with Gasteiger partial charge in [0.15, 0.2) is 5.60 Å². The van der Waals surface area contributed by atoms with Crippen LogP contribution in [0.5, 0.6) is 0 Å². The van der Waals surface area contributed by atoms with Crippen molar-refractivity contribution in [3.63, 3.8) is 0 Å². The van der Waals surface area contributed by atoms with E-state index in [9.17, 15) is 14.4 Å². The lowest BCUT2D eigenvalue weighted by Gasteiger charge is -2.17. The van der Waals surface area contributed by atoms with E-state index in [1.54, 1.807) is 25.4 Å². The van der Waals surface area contributed by atoms with Gasteiger partial charge in [0, 0.05) is 24.9 Å². The van der Waals surface area contributed by atoms with E-state index in [2.05, 4.69) is 10.3 Å².